The van der Waals surface area contributed by atoms with Gasteiger partial charge in [0.1, 0.15) is 0 Å². The van der Waals surface area contributed by atoms with Crippen molar-refractivity contribution in [3.05, 3.63) is 35.9 Å². The van der Waals surface area contributed by atoms with E-state index in [1.807, 2.05) is 18.2 Å². The lowest BCUT2D eigenvalue weighted by atomic mass is 10.2. The fraction of sp³-hybridized carbons (Fsp3) is 0.182. The number of hydrogen-bond acceptors (Lipinski definition) is 5. The van der Waals surface area contributed by atoms with Gasteiger partial charge in [0, 0.05) is 6.54 Å². The third-order valence-electron chi connectivity index (χ3n) is 2.17. The molecule has 5 heteroatoms. The number of aromatic nitrogens is 1. The van der Waals surface area contributed by atoms with Gasteiger partial charge in [-0.2, -0.15) is 4.37 Å². The SMILES string of the molecule is COc1c(N)nsc1NCc1ccccc1. The molecule has 0 saturated heterocycles. The molecule has 0 aliphatic carbocycles. The van der Waals surface area contributed by atoms with Gasteiger partial charge >= 0.3 is 0 Å². The number of anilines is 2. The van der Waals surface area contributed by atoms with Crippen LogP contribution in [0.25, 0.3) is 0 Å². The molecule has 1 heterocycles. The Kier molecular flexibility index (Phi) is 3.26. The highest BCUT2D eigenvalue weighted by atomic mass is 32.1. The molecule has 2 aromatic rings. The molecule has 1 aromatic carbocycles. The van der Waals surface area contributed by atoms with Gasteiger partial charge in [-0.3, -0.25) is 0 Å². The number of methoxy groups -OCH3 is 1. The Morgan fingerprint density at radius 3 is 2.81 bits per heavy atom. The summed E-state index contributed by atoms with van der Waals surface area (Å²) in [5.41, 5.74) is 6.86. The standard InChI is InChI=1S/C11H13N3OS/c1-15-9-10(12)14-16-11(9)13-7-8-5-3-2-4-6-8/h2-6,13H,7H2,1H3,(H2,12,14). The summed E-state index contributed by atoms with van der Waals surface area (Å²) in [5.74, 6) is 1.06. The van der Waals surface area contributed by atoms with E-state index in [0.717, 1.165) is 11.5 Å². The molecular weight excluding hydrogens is 222 g/mol. The normalized spacial score (nSPS) is 10.1. The van der Waals surface area contributed by atoms with Crippen LogP contribution in [-0.2, 0) is 6.54 Å². The van der Waals surface area contributed by atoms with Gasteiger partial charge in [0.25, 0.3) is 0 Å². The number of nitrogens with two attached hydrogens (primary N) is 1. The maximum atomic E-state index is 5.66. The summed E-state index contributed by atoms with van der Waals surface area (Å²) < 4.78 is 9.20. The van der Waals surface area contributed by atoms with E-state index in [0.29, 0.717) is 11.6 Å². The van der Waals surface area contributed by atoms with Gasteiger partial charge in [0.15, 0.2) is 16.6 Å². The van der Waals surface area contributed by atoms with Crippen LogP contribution in [0.3, 0.4) is 0 Å². The van der Waals surface area contributed by atoms with Crippen LogP contribution in [0.4, 0.5) is 10.8 Å². The van der Waals surface area contributed by atoms with Gasteiger partial charge in [-0.25, -0.2) is 0 Å². The van der Waals surface area contributed by atoms with Crippen molar-refractivity contribution >= 4 is 22.4 Å². The van der Waals surface area contributed by atoms with Crippen molar-refractivity contribution in [2.24, 2.45) is 0 Å². The summed E-state index contributed by atoms with van der Waals surface area (Å²) in [6, 6.07) is 10.1. The molecule has 84 valence electrons. The molecule has 0 aliphatic heterocycles. The predicted octanol–water partition coefficient (Wildman–Crippen LogP) is 2.35. The Morgan fingerprint density at radius 2 is 2.12 bits per heavy atom. The molecule has 0 radical (unpaired) electrons. The van der Waals surface area contributed by atoms with E-state index in [2.05, 4.69) is 21.8 Å². The van der Waals surface area contributed by atoms with Crippen molar-refractivity contribution in [3.8, 4) is 5.75 Å². The molecule has 0 bridgehead atoms. The van der Waals surface area contributed by atoms with E-state index >= 15 is 0 Å². The monoisotopic (exact) mass is 235 g/mol. The van der Waals surface area contributed by atoms with E-state index in [4.69, 9.17) is 10.5 Å². The predicted molar refractivity (Wildman–Crippen MR) is 66.8 cm³/mol. The van der Waals surface area contributed by atoms with Crippen molar-refractivity contribution in [1.29, 1.82) is 0 Å². The second-order valence-corrected chi connectivity index (χ2v) is 4.04. The van der Waals surface area contributed by atoms with Crippen LogP contribution in [0.5, 0.6) is 5.75 Å². The lowest BCUT2D eigenvalue weighted by molar-refractivity contribution is 0.419. The molecule has 3 N–H and O–H groups in total. The maximum absolute atomic E-state index is 5.66. The van der Waals surface area contributed by atoms with Crippen LogP contribution in [0.2, 0.25) is 0 Å². The summed E-state index contributed by atoms with van der Waals surface area (Å²) >= 11 is 1.31. The molecule has 0 amide bonds. The van der Waals surface area contributed by atoms with Gasteiger partial charge in [0.05, 0.1) is 7.11 Å². The van der Waals surface area contributed by atoms with E-state index < -0.39 is 0 Å². The largest absolute Gasteiger partial charge is 0.490 e. The van der Waals surface area contributed by atoms with Gasteiger partial charge in [-0.1, -0.05) is 30.3 Å². The zero-order chi connectivity index (χ0) is 11.4. The highest BCUT2D eigenvalue weighted by Gasteiger charge is 2.10. The highest BCUT2D eigenvalue weighted by Crippen LogP contribution is 2.34. The molecule has 1 aromatic heterocycles. The van der Waals surface area contributed by atoms with Crippen molar-refractivity contribution in [1.82, 2.24) is 4.37 Å². The average molecular weight is 235 g/mol. The molecule has 4 nitrogen and oxygen atoms in total. The van der Waals surface area contributed by atoms with E-state index in [1.54, 1.807) is 7.11 Å². The van der Waals surface area contributed by atoms with Crippen LogP contribution in [0.15, 0.2) is 30.3 Å². The molecule has 16 heavy (non-hydrogen) atoms. The Labute approximate surface area is 98.2 Å². The number of hydrogen-bond donors (Lipinski definition) is 2. The number of rotatable bonds is 4. The minimum atomic E-state index is 0.433. The van der Waals surface area contributed by atoms with Gasteiger partial charge in [-0.05, 0) is 17.1 Å². The number of nitrogens with zero attached hydrogens (tertiary/aromatic N) is 1. The third-order valence-corrected chi connectivity index (χ3v) is 2.97. The first-order valence-electron chi connectivity index (χ1n) is 4.88. The van der Waals surface area contributed by atoms with Crippen molar-refractivity contribution in [2.45, 2.75) is 6.54 Å². The summed E-state index contributed by atoms with van der Waals surface area (Å²) in [6.45, 7) is 0.735. The average Bonchev–Trinajstić information content (AvgIpc) is 2.68. The minimum absolute atomic E-state index is 0.433. The lowest BCUT2D eigenvalue weighted by Gasteiger charge is -2.05. The molecule has 0 fully saturated rings. The fourth-order valence-electron chi connectivity index (χ4n) is 1.38. The number of nitrogen functional groups attached to an aromatic ring is 1. The van der Waals surface area contributed by atoms with Crippen LogP contribution in [0.1, 0.15) is 5.56 Å². The maximum Gasteiger partial charge on any atom is 0.197 e. The van der Waals surface area contributed by atoms with Gasteiger partial charge in [0.2, 0.25) is 0 Å². The van der Waals surface area contributed by atoms with Crippen LogP contribution >= 0.6 is 11.5 Å². The van der Waals surface area contributed by atoms with Crippen molar-refractivity contribution in [2.75, 3.05) is 18.2 Å². The molecule has 0 atom stereocenters. The van der Waals surface area contributed by atoms with Crippen LogP contribution in [0, 0.1) is 0 Å². The number of ether oxygens (including phenoxy) is 1. The quantitative estimate of drug-likeness (QED) is 0.854. The first kappa shape index (κ1) is 10.8. The van der Waals surface area contributed by atoms with Gasteiger partial charge < -0.3 is 15.8 Å². The van der Waals surface area contributed by atoms with Crippen molar-refractivity contribution < 1.29 is 4.74 Å². The highest BCUT2D eigenvalue weighted by molar-refractivity contribution is 7.11. The van der Waals surface area contributed by atoms with E-state index in [9.17, 15) is 0 Å². The summed E-state index contributed by atoms with van der Waals surface area (Å²) in [5, 5.41) is 4.12. The smallest absolute Gasteiger partial charge is 0.197 e. The first-order chi connectivity index (χ1) is 7.81. The Balaban J connectivity index is 2.05. The third kappa shape index (κ3) is 2.25. The summed E-state index contributed by atoms with van der Waals surface area (Å²) in [6.07, 6.45) is 0. The second kappa shape index (κ2) is 4.85. The number of nitrogens with one attached hydrogen (secondary N) is 1. The van der Waals surface area contributed by atoms with E-state index in [-0.39, 0.29) is 0 Å². The second-order valence-electron chi connectivity index (χ2n) is 3.27. The first-order valence-corrected chi connectivity index (χ1v) is 5.65. The molecule has 0 aliphatic rings. The Morgan fingerprint density at radius 1 is 1.38 bits per heavy atom. The Bertz CT molecular complexity index is 456. The lowest BCUT2D eigenvalue weighted by Crippen LogP contribution is -1.99. The zero-order valence-corrected chi connectivity index (χ0v) is 9.75. The molecule has 0 saturated carbocycles. The minimum Gasteiger partial charge on any atom is -0.490 e. The summed E-state index contributed by atoms with van der Waals surface area (Å²) in [7, 11) is 1.59. The van der Waals surface area contributed by atoms with E-state index in [1.165, 1.54) is 17.1 Å². The molecule has 0 spiro atoms. The molecule has 2 rings (SSSR count). The Hall–Kier alpha value is -1.75. The number of benzene rings is 1. The fourth-order valence-corrected chi connectivity index (χ4v) is 2.06. The summed E-state index contributed by atoms with van der Waals surface area (Å²) in [4.78, 5) is 0. The van der Waals surface area contributed by atoms with Crippen LogP contribution in [-0.4, -0.2) is 11.5 Å². The molecular formula is C11H13N3OS. The van der Waals surface area contributed by atoms with Crippen LogP contribution < -0.4 is 15.8 Å². The van der Waals surface area contributed by atoms with Crippen molar-refractivity contribution in [3.63, 3.8) is 0 Å². The van der Waals surface area contributed by atoms with Gasteiger partial charge in [-0.15, -0.1) is 0 Å². The topological polar surface area (TPSA) is 60.2 Å². The zero-order valence-electron chi connectivity index (χ0n) is 8.93. The molecule has 0 unspecified atom stereocenters.